The Kier molecular flexibility index (Phi) is 7.44. The van der Waals surface area contributed by atoms with Gasteiger partial charge in [-0.1, -0.05) is 60.7 Å². The predicted octanol–water partition coefficient (Wildman–Crippen LogP) is 3.10. The van der Waals surface area contributed by atoms with E-state index in [0.717, 1.165) is 17.7 Å². The van der Waals surface area contributed by atoms with Crippen LogP contribution in [0, 0.1) is 6.92 Å². The number of aryl methyl sites for hydroxylation is 3. The number of nitrogens with one attached hydrogen (secondary N) is 1. The lowest BCUT2D eigenvalue weighted by Gasteiger charge is -2.15. The minimum Gasteiger partial charge on any atom is -0.391 e. The van der Waals surface area contributed by atoms with Crippen LogP contribution in [0.1, 0.15) is 28.7 Å². The zero-order chi connectivity index (χ0) is 23.1. The van der Waals surface area contributed by atoms with Crippen molar-refractivity contribution in [1.29, 1.82) is 0 Å². The first-order valence-corrected chi connectivity index (χ1v) is 10.5. The molecule has 0 fully saturated rings. The molecule has 0 saturated heterocycles. The molecule has 3 rings (SSSR count). The second kappa shape index (κ2) is 10.4. The first-order valence-electron chi connectivity index (χ1n) is 10.5. The topological polar surface area (TPSA) is 90.2 Å². The van der Waals surface area contributed by atoms with Crippen molar-refractivity contribution in [3.63, 3.8) is 0 Å². The van der Waals surface area contributed by atoms with Crippen molar-refractivity contribution in [3.8, 4) is 0 Å². The summed E-state index contributed by atoms with van der Waals surface area (Å²) in [7, 11) is 3.68. The fraction of sp³-hybridized carbons (Fsp3) is 0.240. The molecule has 0 unspecified atom stereocenters. The average molecular weight is 431 g/mol. The van der Waals surface area contributed by atoms with Crippen LogP contribution in [0.4, 0.5) is 0 Å². The van der Waals surface area contributed by atoms with Gasteiger partial charge >= 0.3 is 0 Å². The van der Waals surface area contributed by atoms with Gasteiger partial charge in [-0.3, -0.25) is 9.48 Å². The van der Waals surface area contributed by atoms with Gasteiger partial charge in [0, 0.05) is 25.4 Å². The van der Waals surface area contributed by atoms with Gasteiger partial charge in [0.05, 0.1) is 12.1 Å². The molecule has 0 spiro atoms. The van der Waals surface area contributed by atoms with Crippen molar-refractivity contribution in [2.75, 3.05) is 7.05 Å². The molecule has 0 aliphatic carbocycles. The minimum atomic E-state index is -0.411. The summed E-state index contributed by atoms with van der Waals surface area (Å²) in [6.45, 7) is 6.55. The zero-order valence-corrected chi connectivity index (χ0v) is 18.9. The summed E-state index contributed by atoms with van der Waals surface area (Å²) in [5, 5.41) is 7.19. The molecular formula is C25H30N6O. The van der Waals surface area contributed by atoms with E-state index >= 15 is 0 Å². The summed E-state index contributed by atoms with van der Waals surface area (Å²) in [6.07, 6.45) is 4.77. The molecule has 1 aromatic heterocycles. The number of aliphatic imine (C=N–C) groups is 1. The lowest BCUT2D eigenvalue weighted by molar-refractivity contribution is -0.114. The molecule has 0 aliphatic heterocycles. The number of nitrogens with two attached hydrogens (primary N) is 1. The summed E-state index contributed by atoms with van der Waals surface area (Å²) in [4.78, 5) is 18.8. The van der Waals surface area contributed by atoms with Crippen LogP contribution in [-0.2, 0) is 24.8 Å². The molecule has 3 N–H and O–H groups in total. The van der Waals surface area contributed by atoms with Crippen LogP contribution in [0.15, 0.2) is 83.8 Å². The van der Waals surface area contributed by atoms with E-state index in [1.165, 1.54) is 17.2 Å². The fourth-order valence-corrected chi connectivity index (χ4v) is 3.49. The van der Waals surface area contributed by atoms with Crippen LogP contribution in [0.2, 0.25) is 0 Å². The van der Waals surface area contributed by atoms with Gasteiger partial charge in [0.1, 0.15) is 12.2 Å². The standard InChI is InChI=1S/C25H30N6O/c1-5-22(23(27-3)13-12-19-9-6-8-18(2)14-19)25(32)29-24(26)21-11-7-10-20(15-21)16-31-17-28-30(31)4/h5-11,14-15,17,27H,1,12-13,16H2,2-4H3,(H2,26,29,32)/b23-22+. The van der Waals surface area contributed by atoms with Gasteiger partial charge < -0.3 is 11.1 Å². The third-order valence-electron chi connectivity index (χ3n) is 5.32. The zero-order valence-electron chi connectivity index (χ0n) is 18.9. The number of benzene rings is 2. The van der Waals surface area contributed by atoms with E-state index in [1.54, 1.807) is 18.2 Å². The van der Waals surface area contributed by atoms with Crippen molar-refractivity contribution in [2.45, 2.75) is 26.3 Å². The van der Waals surface area contributed by atoms with Gasteiger partial charge in [-0.2, -0.15) is 4.99 Å². The first kappa shape index (κ1) is 22.8. The molecule has 7 heteroatoms. The Morgan fingerprint density at radius 2 is 1.97 bits per heavy atom. The molecule has 0 radical (unpaired) electrons. The highest BCUT2D eigenvalue weighted by molar-refractivity contribution is 6.09. The third kappa shape index (κ3) is 5.63. The molecule has 1 heterocycles. The number of carbonyl (C=O) groups is 1. The number of amidine groups is 1. The summed E-state index contributed by atoms with van der Waals surface area (Å²) in [5.41, 5.74) is 11.6. The molecule has 0 aliphatic rings. The Balaban J connectivity index is 1.77. The normalized spacial score (nSPS) is 12.4. The molecule has 3 aromatic rings. The maximum absolute atomic E-state index is 12.9. The highest BCUT2D eigenvalue weighted by atomic mass is 16.1. The van der Waals surface area contributed by atoms with E-state index in [2.05, 4.69) is 47.1 Å². The fourth-order valence-electron chi connectivity index (χ4n) is 3.49. The summed E-state index contributed by atoms with van der Waals surface area (Å²) in [6, 6.07) is 16.0. The Labute approximate surface area is 188 Å². The molecule has 0 atom stereocenters. The molecule has 32 heavy (non-hydrogen) atoms. The average Bonchev–Trinajstić information content (AvgIpc) is 2.79. The van der Waals surface area contributed by atoms with Crippen LogP contribution < -0.4 is 11.1 Å². The summed E-state index contributed by atoms with van der Waals surface area (Å²) >= 11 is 0. The van der Waals surface area contributed by atoms with Gasteiger partial charge in [-0.05, 0) is 37.0 Å². The Hall–Kier alpha value is -3.87. The quantitative estimate of drug-likeness (QED) is 0.236. The predicted molar refractivity (Wildman–Crippen MR) is 128 cm³/mol. The SMILES string of the molecule is C=C/C(C(=O)N=C(N)c1cccc(Cn2cnn2C)c1)=C(/CCc1cccc(C)c1)NC. The van der Waals surface area contributed by atoms with E-state index in [0.29, 0.717) is 24.1 Å². The Bertz CT molecular complexity index is 1160. The van der Waals surface area contributed by atoms with Crippen LogP contribution in [0.3, 0.4) is 0 Å². The maximum atomic E-state index is 12.9. The number of carbonyl (C=O) groups excluding carboxylic acids is 1. The van der Waals surface area contributed by atoms with Gasteiger partial charge in [0.25, 0.3) is 5.91 Å². The van der Waals surface area contributed by atoms with E-state index < -0.39 is 5.91 Å². The highest BCUT2D eigenvalue weighted by Crippen LogP contribution is 2.15. The lowest BCUT2D eigenvalue weighted by atomic mass is 10.0. The molecule has 2 aromatic carbocycles. The molecule has 0 saturated carbocycles. The van der Waals surface area contributed by atoms with E-state index in [4.69, 9.17) is 5.73 Å². The van der Waals surface area contributed by atoms with Crippen molar-refractivity contribution in [1.82, 2.24) is 19.9 Å². The number of amides is 1. The van der Waals surface area contributed by atoms with Gasteiger partial charge in [0.2, 0.25) is 0 Å². The molecule has 166 valence electrons. The second-order valence-corrected chi connectivity index (χ2v) is 7.66. The van der Waals surface area contributed by atoms with Crippen LogP contribution >= 0.6 is 0 Å². The van der Waals surface area contributed by atoms with Gasteiger partial charge in [-0.25, -0.2) is 4.80 Å². The molecule has 7 nitrogen and oxygen atoms in total. The molecular weight excluding hydrogens is 400 g/mol. The van der Waals surface area contributed by atoms with Crippen LogP contribution in [0.5, 0.6) is 0 Å². The largest absolute Gasteiger partial charge is 0.391 e. The first-order chi connectivity index (χ1) is 15.4. The van der Waals surface area contributed by atoms with E-state index in [-0.39, 0.29) is 5.84 Å². The number of hydrogen-bond donors (Lipinski definition) is 2. The monoisotopic (exact) mass is 430 g/mol. The molecule has 1 amide bonds. The number of rotatable bonds is 9. The smallest absolute Gasteiger partial charge is 0.280 e. The third-order valence-corrected chi connectivity index (χ3v) is 5.32. The Morgan fingerprint density at radius 1 is 1.22 bits per heavy atom. The van der Waals surface area contributed by atoms with Crippen molar-refractivity contribution >= 4 is 11.7 Å². The lowest BCUT2D eigenvalue weighted by Crippen LogP contribution is -2.22. The maximum Gasteiger partial charge on any atom is 0.280 e. The summed E-state index contributed by atoms with van der Waals surface area (Å²) in [5.74, 6) is -0.234. The van der Waals surface area contributed by atoms with Crippen molar-refractivity contribution in [2.24, 2.45) is 17.8 Å². The molecule has 0 bridgehead atoms. The van der Waals surface area contributed by atoms with Crippen LogP contribution in [0.25, 0.3) is 0 Å². The minimum absolute atomic E-state index is 0.177. The van der Waals surface area contributed by atoms with E-state index in [9.17, 15) is 4.79 Å². The van der Waals surface area contributed by atoms with Crippen molar-refractivity contribution < 1.29 is 4.79 Å². The van der Waals surface area contributed by atoms with E-state index in [1.807, 2.05) is 42.1 Å². The van der Waals surface area contributed by atoms with Crippen LogP contribution in [-0.4, -0.2) is 33.4 Å². The number of nitrogens with zero attached hydrogens (tertiary/aromatic N) is 4. The number of allylic oxidation sites excluding steroid dienone is 1. The Morgan fingerprint density at radius 3 is 2.59 bits per heavy atom. The second-order valence-electron chi connectivity index (χ2n) is 7.66. The highest BCUT2D eigenvalue weighted by Gasteiger charge is 2.13. The number of hydrogen-bond acceptors (Lipinski definition) is 3. The van der Waals surface area contributed by atoms with Gasteiger partial charge in [-0.15, -0.1) is 5.10 Å². The summed E-state index contributed by atoms with van der Waals surface area (Å²) < 4.78 is 1.96. The number of aromatic nitrogens is 3. The van der Waals surface area contributed by atoms with Gasteiger partial charge in [0.15, 0.2) is 0 Å². The van der Waals surface area contributed by atoms with Crippen molar-refractivity contribution in [3.05, 3.63) is 101 Å².